The Kier molecular flexibility index (Phi) is 6.84. The zero-order valence-corrected chi connectivity index (χ0v) is 17.2. The average molecular weight is 439 g/mol. The number of anilines is 3. The molecular weight excluding hydrogens is 420 g/mol. The van der Waals surface area contributed by atoms with Crippen LogP contribution < -0.4 is 16.0 Å². The molecule has 1 unspecified atom stereocenters. The summed E-state index contributed by atoms with van der Waals surface area (Å²) in [5.74, 6) is -0.609. The monoisotopic (exact) mass is 438 g/mol. The highest BCUT2D eigenvalue weighted by Crippen LogP contribution is 2.19. The van der Waals surface area contributed by atoms with Crippen LogP contribution in [-0.2, 0) is 4.79 Å². The second kappa shape index (κ2) is 9.73. The molecule has 2 amide bonds. The molecule has 3 rings (SSSR count). The predicted octanol–water partition coefficient (Wildman–Crippen LogP) is 4.94. The molecule has 0 fully saturated rings. The lowest BCUT2D eigenvalue weighted by molar-refractivity contribution is -0.384. The van der Waals surface area contributed by atoms with Gasteiger partial charge in [-0.15, -0.1) is 0 Å². The molecule has 3 N–H and O–H groups in total. The molecule has 31 heavy (non-hydrogen) atoms. The number of halogens is 1. The van der Waals surface area contributed by atoms with Crippen molar-refractivity contribution in [3.8, 4) is 0 Å². The first kappa shape index (κ1) is 21.8. The highest BCUT2D eigenvalue weighted by molar-refractivity contribution is 6.30. The molecule has 3 aromatic rings. The number of rotatable bonds is 7. The van der Waals surface area contributed by atoms with Gasteiger partial charge in [0, 0.05) is 39.8 Å². The van der Waals surface area contributed by atoms with Crippen molar-refractivity contribution in [2.24, 2.45) is 0 Å². The third-order valence-electron chi connectivity index (χ3n) is 4.35. The first-order valence-electron chi connectivity index (χ1n) is 9.30. The van der Waals surface area contributed by atoms with Gasteiger partial charge in [0.2, 0.25) is 5.91 Å². The molecule has 0 aliphatic heterocycles. The summed E-state index contributed by atoms with van der Waals surface area (Å²) in [5.41, 5.74) is 1.99. The lowest BCUT2D eigenvalue weighted by atomic mass is 10.2. The molecule has 0 aliphatic rings. The van der Waals surface area contributed by atoms with Crippen molar-refractivity contribution in [3.63, 3.8) is 0 Å². The lowest BCUT2D eigenvalue weighted by Gasteiger charge is -2.16. The third kappa shape index (κ3) is 6.03. The Morgan fingerprint density at radius 1 is 0.903 bits per heavy atom. The smallest absolute Gasteiger partial charge is 0.271 e. The zero-order valence-electron chi connectivity index (χ0n) is 16.5. The second-order valence-corrected chi connectivity index (χ2v) is 7.14. The number of nitro groups is 1. The van der Waals surface area contributed by atoms with Gasteiger partial charge in [0.15, 0.2) is 0 Å². The van der Waals surface area contributed by atoms with Crippen LogP contribution in [0.1, 0.15) is 17.3 Å². The summed E-state index contributed by atoms with van der Waals surface area (Å²) in [5, 5.41) is 19.9. The van der Waals surface area contributed by atoms with Crippen LogP contribution in [0, 0.1) is 10.1 Å². The average Bonchev–Trinajstić information content (AvgIpc) is 2.75. The van der Waals surface area contributed by atoms with E-state index < -0.39 is 11.0 Å². The van der Waals surface area contributed by atoms with Crippen molar-refractivity contribution in [2.45, 2.75) is 13.0 Å². The van der Waals surface area contributed by atoms with Gasteiger partial charge in [-0.3, -0.25) is 19.7 Å². The Morgan fingerprint density at radius 2 is 1.55 bits per heavy atom. The number of nitrogens with one attached hydrogen (secondary N) is 3. The van der Waals surface area contributed by atoms with Crippen molar-refractivity contribution in [1.82, 2.24) is 0 Å². The number of carbonyl (C=O) groups is 2. The van der Waals surface area contributed by atoms with Crippen molar-refractivity contribution in [3.05, 3.63) is 93.5 Å². The maximum Gasteiger partial charge on any atom is 0.271 e. The van der Waals surface area contributed by atoms with E-state index in [0.717, 1.165) is 0 Å². The SMILES string of the molecule is CC(Nc1ccc(NC(=O)c2ccc(Cl)cc2)cc1)C(=O)Nc1cccc([N+](=O)[O-])c1. The Morgan fingerprint density at radius 3 is 2.19 bits per heavy atom. The lowest BCUT2D eigenvalue weighted by Crippen LogP contribution is -2.31. The van der Waals surface area contributed by atoms with E-state index in [9.17, 15) is 19.7 Å². The van der Waals surface area contributed by atoms with Gasteiger partial charge in [0.1, 0.15) is 6.04 Å². The Bertz CT molecular complexity index is 1100. The summed E-state index contributed by atoms with van der Waals surface area (Å²) in [7, 11) is 0. The summed E-state index contributed by atoms with van der Waals surface area (Å²) < 4.78 is 0. The van der Waals surface area contributed by atoms with Gasteiger partial charge in [0.05, 0.1) is 4.92 Å². The largest absolute Gasteiger partial charge is 0.374 e. The number of hydrogen-bond acceptors (Lipinski definition) is 5. The van der Waals surface area contributed by atoms with E-state index in [0.29, 0.717) is 27.6 Å². The van der Waals surface area contributed by atoms with Crippen LogP contribution in [0.15, 0.2) is 72.8 Å². The Labute approximate surface area is 183 Å². The van der Waals surface area contributed by atoms with Crippen molar-refractivity contribution < 1.29 is 14.5 Å². The Hall–Kier alpha value is -3.91. The quantitative estimate of drug-likeness (QED) is 0.357. The van der Waals surface area contributed by atoms with Crippen LogP contribution in [0.3, 0.4) is 0 Å². The molecule has 0 heterocycles. The first-order chi connectivity index (χ1) is 14.8. The molecule has 9 heteroatoms. The Balaban J connectivity index is 1.56. The minimum absolute atomic E-state index is 0.102. The van der Waals surface area contributed by atoms with E-state index in [1.807, 2.05) is 0 Å². The molecule has 0 aliphatic carbocycles. The van der Waals surface area contributed by atoms with Gasteiger partial charge < -0.3 is 16.0 Å². The van der Waals surface area contributed by atoms with Crippen molar-refractivity contribution >= 4 is 46.2 Å². The molecule has 0 bridgehead atoms. The van der Waals surface area contributed by atoms with E-state index in [-0.39, 0.29) is 17.5 Å². The van der Waals surface area contributed by atoms with Crippen LogP contribution in [0.4, 0.5) is 22.7 Å². The first-order valence-corrected chi connectivity index (χ1v) is 9.68. The van der Waals surface area contributed by atoms with Gasteiger partial charge >= 0.3 is 0 Å². The van der Waals surface area contributed by atoms with Crippen LogP contribution in [0.5, 0.6) is 0 Å². The van der Waals surface area contributed by atoms with Crippen LogP contribution >= 0.6 is 11.6 Å². The highest BCUT2D eigenvalue weighted by Gasteiger charge is 2.15. The summed E-state index contributed by atoms with van der Waals surface area (Å²) in [6, 6.07) is 18.6. The maximum atomic E-state index is 12.4. The fraction of sp³-hybridized carbons (Fsp3) is 0.0909. The molecular formula is C22H19ClN4O4. The standard InChI is InChI=1S/C22H19ClN4O4/c1-14(21(28)26-19-3-2-4-20(13-19)27(30)31)24-17-9-11-18(12-10-17)25-22(29)15-5-7-16(23)8-6-15/h2-14,24H,1H3,(H,25,29)(H,26,28). The third-order valence-corrected chi connectivity index (χ3v) is 4.60. The number of non-ortho nitro benzene ring substituents is 1. The van der Waals surface area contributed by atoms with E-state index in [4.69, 9.17) is 11.6 Å². The molecule has 3 aromatic carbocycles. The second-order valence-electron chi connectivity index (χ2n) is 6.70. The van der Waals surface area contributed by atoms with Crippen molar-refractivity contribution in [2.75, 3.05) is 16.0 Å². The number of benzene rings is 3. The fourth-order valence-corrected chi connectivity index (χ4v) is 2.84. The molecule has 0 saturated heterocycles. The summed E-state index contributed by atoms with van der Waals surface area (Å²) in [4.78, 5) is 35.0. The van der Waals surface area contributed by atoms with Gasteiger partial charge in [-0.25, -0.2) is 0 Å². The summed E-state index contributed by atoms with van der Waals surface area (Å²) >= 11 is 5.83. The van der Waals surface area contributed by atoms with Gasteiger partial charge in [-0.05, 0) is 61.5 Å². The van der Waals surface area contributed by atoms with E-state index in [1.165, 1.54) is 18.2 Å². The van der Waals surface area contributed by atoms with Gasteiger partial charge in [-0.2, -0.15) is 0 Å². The van der Waals surface area contributed by atoms with Crippen LogP contribution in [-0.4, -0.2) is 22.8 Å². The molecule has 8 nitrogen and oxygen atoms in total. The number of nitro benzene ring substituents is 1. The van der Waals surface area contributed by atoms with E-state index in [2.05, 4.69) is 16.0 Å². The minimum Gasteiger partial charge on any atom is -0.374 e. The minimum atomic E-state index is -0.603. The number of hydrogen-bond donors (Lipinski definition) is 3. The predicted molar refractivity (Wildman–Crippen MR) is 121 cm³/mol. The van der Waals surface area contributed by atoms with Crippen molar-refractivity contribution in [1.29, 1.82) is 0 Å². The van der Waals surface area contributed by atoms with E-state index >= 15 is 0 Å². The topological polar surface area (TPSA) is 113 Å². The summed E-state index contributed by atoms with van der Waals surface area (Å²) in [6.45, 7) is 1.67. The molecule has 0 aromatic heterocycles. The molecule has 0 saturated carbocycles. The van der Waals surface area contributed by atoms with Crippen LogP contribution in [0.2, 0.25) is 5.02 Å². The normalized spacial score (nSPS) is 11.3. The maximum absolute atomic E-state index is 12.4. The number of carbonyl (C=O) groups excluding carboxylic acids is 2. The van der Waals surface area contributed by atoms with Crippen LogP contribution in [0.25, 0.3) is 0 Å². The highest BCUT2D eigenvalue weighted by atomic mass is 35.5. The molecule has 158 valence electrons. The van der Waals surface area contributed by atoms with E-state index in [1.54, 1.807) is 61.5 Å². The van der Waals surface area contributed by atoms with Gasteiger partial charge in [-0.1, -0.05) is 17.7 Å². The fourth-order valence-electron chi connectivity index (χ4n) is 2.72. The zero-order chi connectivity index (χ0) is 22.4. The number of amides is 2. The molecule has 1 atom stereocenters. The van der Waals surface area contributed by atoms with Gasteiger partial charge in [0.25, 0.3) is 11.6 Å². The number of nitrogens with zero attached hydrogens (tertiary/aromatic N) is 1. The molecule has 0 radical (unpaired) electrons. The molecule has 0 spiro atoms. The summed E-state index contributed by atoms with van der Waals surface area (Å²) in [6.07, 6.45) is 0.